The van der Waals surface area contributed by atoms with Gasteiger partial charge in [-0.25, -0.2) is 13.7 Å². The quantitative estimate of drug-likeness (QED) is 0.814. The fourth-order valence-electron chi connectivity index (χ4n) is 1.63. The minimum Gasteiger partial charge on any atom is -0.462 e. The molecule has 0 spiro atoms. The molecule has 7 heteroatoms. The van der Waals surface area contributed by atoms with E-state index in [0.717, 1.165) is 0 Å². The summed E-state index contributed by atoms with van der Waals surface area (Å²) in [6, 6.07) is 5.99. The fourth-order valence-corrected chi connectivity index (χ4v) is 2.48. The molecule has 124 valence electrons. The summed E-state index contributed by atoms with van der Waals surface area (Å²) in [6.45, 7) is 6.26. The number of hydrogen-bond acceptors (Lipinski definition) is 3. The minimum absolute atomic E-state index is 0.154. The molecule has 0 aliphatic heterocycles. The molecule has 0 amide bonds. The molecule has 0 aromatic heterocycles. The third-order valence-corrected chi connectivity index (χ3v) is 4.39. The van der Waals surface area contributed by atoms with Gasteiger partial charge in [0, 0.05) is 0 Å². The van der Waals surface area contributed by atoms with Crippen molar-refractivity contribution in [3.05, 3.63) is 35.9 Å². The number of hydrogen-bond donors (Lipinski definition) is 1. The maximum atomic E-state index is 14.4. The third kappa shape index (κ3) is 4.58. The number of esters is 1. The molecule has 4 nitrogen and oxygen atoms in total. The van der Waals surface area contributed by atoms with Crippen molar-refractivity contribution in [2.75, 3.05) is 6.61 Å². The van der Waals surface area contributed by atoms with Crippen LogP contribution in [0.3, 0.4) is 0 Å². The second kappa shape index (κ2) is 7.28. The van der Waals surface area contributed by atoms with E-state index in [4.69, 9.17) is 0 Å². The van der Waals surface area contributed by atoms with Crippen molar-refractivity contribution in [2.24, 2.45) is 0 Å². The molecule has 22 heavy (non-hydrogen) atoms. The molecule has 0 heterocycles. The van der Waals surface area contributed by atoms with Crippen LogP contribution < -0.4 is 4.72 Å². The minimum atomic E-state index is -3.84. The van der Waals surface area contributed by atoms with E-state index >= 15 is 0 Å². The summed E-state index contributed by atoms with van der Waals surface area (Å²) in [4.78, 5) is 11.6. The van der Waals surface area contributed by atoms with Gasteiger partial charge in [0.05, 0.1) is 22.3 Å². The number of rotatable bonds is 6. The van der Waals surface area contributed by atoms with Gasteiger partial charge in [0.15, 0.2) is 0 Å². The topological polar surface area (TPSA) is 55.4 Å². The second-order valence-electron chi connectivity index (χ2n) is 5.69. The maximum absolute atomic E-state index is 14.4. The van der Waals surface area contributed by atoms with Gasteiger partial charge >= 0.3 is 11.9 Å². The van der Waals surface area contributed by atoms with Gasteiger partial charge in [0.2, 0.25) is 0 Å². The Bertz CT molecular complexity index is 529. The van der Waals surface area contributed by atoms with Crippen molar-refractivity contribution < 1.29 is 22.5 Å². The molecular formula is C15H21F2NO3S. The molecule has 0 saturated heterocycles. The summed E-state index contributed by atoms with van der Waals surface area (Å²) in [5.41, 5.74) is 0.165. The van der Waals surface area contributed by atoms with Crippen molar-refractivity contribution in [1.82, 2.24) is 4.72 Å². The summed E-state index contributed by atoms with van der Waals surface area (Å²) < 4.78 is 47.1. The third-order valence-electron chi connectivity index (χ3n) is 2.82. The first-order valence-corrected chi connectivity index (χ1v) is 8.03. The first-order valence-electron chi connectivity index (χ1n) is 6.88. The lowest BCUT2D eigenvalue weighted by molar-refractivity contribution is -0.175. The van der Waals surface area contributed by atoms with Crippen LogP contribution in [0.4, 0.5) is 8.78 Å². The van der Waals surface area contributed by atoms with Crippen LogP contribution >= 0.6 is 0 Å². The van der Waals surface area contributed by atoms with Crippen LogP contribution in [-0.2, 0) is 20.5 Å². The van der Waals surface area contributed by atoms with Crippen LogP contribution in [0.2, 0.25) is 0 Å². The summed E-state index contributed by atoms with van der Waals surface area (Å²) in [7, 11) is -1.77. The number of alkyl halides is 2. The molecule has 0 aliphatic rings. The molecule has 1 aromatic carbocycles. The molecule has 0 fully saturated rings. The van der Waals surface area contributed by atoms with Gasteiger partial charge in [0.1, 0.15) is 6.04 Å². The van der Waals surface area contributed by atoms with E-state index in [-0.39, 0.29) is 12.2 Å². The van der Waals surface area contributed by atoms with Crippen LogP contribution in [0.25, 0.3) is 0 Å². The molecule has 1 aromatic rings. The molecule has 1 rings (SSSR count). The van der Waals surface area contributed by atoms with Crippen molar-refractivity contribution >= 4 is 17.0 Å². The van der Waals surface area contributed by atoms with E-state index in [1.165, 1.54) is 19.1 Å². The Morgan fingerprint density at radius 1 is 1.27 bits per heavy atom. The molecule has 0 aliphatic carbocycles. The fraction of sp³-hybridized carbons (Fsp3) is 0.533. The summed E-state index contributed by atoms with van der Waals surface area (Å²) in [5, 5.41) is 0. The average Bonchev–Trinajstić information content (AvgIpc) is 2.44. The van der Waals surface area contributed by atoms with Gasteiger partial charge in [-0.15, -0.1) is 0 Å². The van der Waals surface area contributed by atoms with E-state index in [9.17, 15) is 17.8 Å². The highest BCUT2D eigenvalue weighted by Crippen LogP contribution is 2.34. The summed E-state index contributed by atoms with van der Waals surface area (Å²) >= 11 is 0. The lowest BCUT2D eigenvalue weighted by atomic mass is 10.0. The Morgan fingerprint density at radius 2 is 1.82 bits per heavy atom. The number of carbonyl (C=O) groups excluding carboxylic acids is 1. The highest BCUT2D eigenvalue weighted by atomic mass is 32.2. The molecule has 0 radical (unpaired) electrons. The highest BCUT2D eigenvalue weighted by molar-refractivity contribution is 7.84. The SMILES string of the molecule is CCOC(=O)C(F)(F)C(N[S@](=O)C(C)(C)C)c1ccccc1. The van der Waals surface area contributed by atoms with Gasteiger partial charge < -0.3 is 4.74 Å². The van der Waals surface area contributed by atoms with Crippen LogP contribution in [0, 0.1) is 0 Å². The van der Waals surface area contributed by atoms with Gasteiger partial charge in [-0.1, -0.05) is 30.3 Å². The van der Waals surface area contributed by atoms with Crippen molar-refractivity contribution in [1.29, 1.82) is 0 Å². The molecule has 0 bridgehead atoms. The first kappa shape index (κ1) is 18.7. The van der Waals surface area contributed by atoms with E-state index in [0.29, 0.717) is 0 Å². The first-order chi connectivity index (χ1) is 10.1. The smallest absolute Gasteiger partial charge is 0.379 e. The van der Waals surface area contributed by atoms with Crippen molar-refractivity contribution in [3.63, 3.8) is 0 Å². The monoisotopic (exact) mass is 333 g/mol. The van der Waals surface area contributed by atoms with Crippen LogP contribution in [-0.4, -0.2) is 27.5 Å². The second-order valence-corrected chi connectivity index (χ2v) is 7.68. The predicted molar refractivity (Wildman–Crippen MR) is 81.8 cm³/mol. The van der Waals surface area contributed by atoms with Crippen molar-refractivity contribution in [3.8, 4) is 0 Å². The molecule has 2 atom stereocenters. The largest absolute Gasteiger partial charge is 0.462 e. The van der Waals surface area contributed by atoms with Crippen LogP contribution in [0.5, 0.6) is 0 Å². The number of benzene rings is 1. The van der Waals surface area contributed by atoms with E-state index < -0.39 is 33.7 Å². The Morgan fingerprint density at radius 3 is 2.27 bits per heavy atom. The van der Waals surface area contributed by atoms with E-state index in [1.807, 2.05) is 0 Å². The highest BCUT2D eigenvalue weighted by Gasteiger charge is 2.50. The number of nitrogens with one attached hydrogen (secondary N) is 1. The van der Waals surface area contributed by atoms with Gasteiger partial charge in [-0.2, -0.15) is 8.78 Å². The maximum Gasteiger partial charge on any atom is 0.379 e. The predicted octanol–water partition coefficient (Wildman–Crippen LogP) is 2.98. The number of halogens is 2. The van der Waals surface area contributed by atoms with Crippen LogP contribution in [0.15, 0.2) is 30.3 Å². The number of carbonyl (C=O) groups is 1. The standard InChI is InChI=1S/C15H21F2NO3S/c1-5-21-13(19)15(16,17)12(11-9-7-6-8-10-11)18-22(20)14(2,3)4/h6-10,12,18H,5H2,1-4H3/t12?,22-/m1/s1. The zero-order chi connectivity index (χ0) is 17.0. The van der Waals surface area contributed by atoms with Gasteiger partial charge in [-0.3, -0.25) is 0 Å². The Labute approximate surface area is 131 Å². The number of ether oxygens (including phenoxy) is 1. The van der Waals surface area contributed by atoms with Crippen molar-refractivity contribution in [2.45, 2.75) is 44.4 Å². The molecular weight excluding hydrogens is 312 g/mol. The summed E-state index contributed by atoms with van der Waals surface area (Å²) in [5.74, 6) is -5.47. The molecule has 0 saturated carbocycles. The van der Waals surface area contributed by atoms with E-state index in [1.54, 1.807) is 39.0 Å². The van der Waals surface area contributed by atoms with E-state index in [2.05, 4.69) is 9.46 Å². The average molecular weight is 333 g/mol. The molecule has 1 N–H and O–H groups in total. The normalized spacial score (nSPS) is 15.2. The zero-order valence-electron chi connectivity index (χ0n) is 13.1. The Balaban J connectivity index is 3.18. The van der Waals surface area contributed by atoms with Gasteiger partial charge in [0.25, 0.3) is 0 Å². The zero-order valence-corrected chi connectivity index (χ0v) is 13.9. The van der Waals surface area contributed by atoms with Gasteiger partial charge in [-0.05, 0) is 33.3 Å². The van der Waals surface area contributed by atoms with Crippen LogP contribution in [0.1, 0.15) is 39.3 Å². The Kier molecular flexibility index (Phi) is 6.19. The summed E-state index contributed by atoms with van der Waals surface area (Å²) in [6.07, 6.45) is 0. The Hall–Kier alpha value is -1.34. The lowest BCUT2D eigenvalue weighted by Gasteiger charge is -2.29. The molecule has 1 unspecified atom stereocenters. The lowest BCUT2D eigenvalue weighted by Crippen LogP contribution is -2.47.